The normalized spacial score (nSPS) is 14.3. The molecule has 0 aliphatic carbocycles. The van der Waals surface area contributed by atoms with Gasteiger partial charge >= 0.3 is 0 Å². The van der Waals surface area contributed by atoms with E-state index in [0.29, 0.717) is 6.42 Å². The highest BCUT2D eigenvalue weighted by molar-refractivity contribution is 7.98. The van der Waals surface area contributed by atoms with E-state index in [1.165, 1.54) is 11.1 Å². The number of carbonyl (C=O) groups is 1. The zero-order chi connectivity index (χ0) is 12.9. The Morgan fingerprint density at radius 2 is 2.06 bits per heavy atom. The molecule has 1 aromatic carbocycles. The van der Waals surface area contributed by atoms with E-state index >= 15 is 0 Å². The van der Waals surface area contributed by atoms with Crippen LogP contribution in [-0.2, 0) is 10.5 Å². The van der Waals surface area contributed by atoms with Crippen molar-refractivity contribution in [1.82, 2.24) is 0 Å². The lowest BCUT2D eigenvalue weighted by Gasteiger charge is -2.19. The molecule has 94 valence electrons. The first-order valence-corrected chi connectivity index (χ1v) is 6.80. The molecule has 17 heavy (non-hydrogen) atoms. The van der Waals surface area contributed by atoms with Gasteiger partial charge in [0.2, 0.25) is 5.91 Å². The summed E-state index contributed by atoms with van der Waals surface area (Å²) in [5.41, 5.74) is 12.7. The summed E-state index contributed by atoms with van der Waals surface area (Å²) in [4.78, 5) is 11.0. The maximum atomic E-state index is 11.0. The highest BCUT2D eigenvalue weighted by atomic mass is 32.2. The number of benzene rings is 1. The lowest BCUT2D eigenvalue weighted by atomic mass is 10.0. The molecular weight excluding hydrogens is 232 g/mol. The molecule has 0 aliphatic heterocycles. The molecule has 4 heteroatoms. The lowest BCUT2D eigenvalue weighted by molar-refractivity contribution is -0.122. The van der Waals surface area contributed by atoms with Crippen LogP contribution < -0.4 is 11.5 Å². The van der Waals surface area contributed by atoms with Gasteiger partial charge in [-0.05, 0) is 37.1 Å². The van der Waals surface area contributed by atoms with E-state index in [2.05, 4.69) is 19.1 Å². The van der Waals surface area contributed by atoms with Crippen LogP contribution in [-0.4, -0.2) is 17.2 Å². The molecule has 0 saturated carbocycles. The third-order valence-electron chi connectivity index (χ3n) is 2.85. The quantitative estimate of drug-likeness (QED) is 0.759. The number of carbonyl (C=O) groups excluding carboxylic acids is 1. The van der Waals surface area contributed by atoms with Crippen LogP contribution in [0.25, 0.3) is 0 Å². The van der Waals surface area contributed by atoms with Gasteiger partial charge in [0.1, 0.15) is 0 Å². The van der Waals surface area contributed by atoms with Crippen molar-refractivity contribution in [3.8, 4) is 0 Å². The van der Waals surface area contributed by atoms with Crippen molar-refractivity contribution in [2.24, 2.45) is 11.5 Å². The summed E-state index contributed by atoms with van der Waals surface area (Å²) in [7, 11) is 0. The number of amides is 1. The molecule has 0 fully saturated rings. The number of aryl methyl sites for hydroxylation is 1. The fraction of sp³-hybridized carbons (Fsp3) is 0.462. The standard InChI is InChI=1S/C13H20N2OS/c1-10-5-3-4-6-11(10)9-17-8-7-13(2,15)12(14)16/h3-6H,7-9,15H2,1-2H3,(H2,14,16). The van der Waals surface area contributed by atoms with Gasteiger partial charge in [-0.1, -0.05) is 24.3 Å². The predicted molar refractivity (Wildman–Crippen MR) is 73.7 cm³/mol. The number of thioether (sulfide) groups is 1. The molecule has 0 heterocycles. The largest absolute Gasteiger partial charge is 0.368 e. The topological polar surface area (TPSA) is 69.1 Å². The van der Waals surface area contributed by atoms with Crippen LogP contribution in [0.2, 0.25) is 0 Å². The van der Waals surface area contributed by atoms with Gasteiger partial charge in [-0.15, -0.1) is 0 Å². The minimum atomic E-state index is -0.890. The van der Waals surface area contributed by atoms with Crippen LogP contribution in [0.5, 0.6) is 0 Å². The van der Waals surface area contributed by atoms with Gasteiger partial charge in [0.05, 0.1) is 5.54 Å². The summed E-state index contributed by atoms with van der Waals surface area (Å²) in [5.74, 6) is 1.35. The molecule has 0 aromatic heterocycles. The Labute approximate surface area is 107 Å². The number of rotatable bonds is 6. The summed E-state index contributed by atoms with van der Waals surface area (Å²) >= 11 is 1.78. The highest BCUT2D eigenvalue weighted by Gasteiger charge is 2.24. The van der Waals surface area contributed by atoms with Gasteiger partial charge < -0.3 is 11.5 Å². The minimum absolute atomic E-state index is 0.436. The van der Waals surface area contributed by atoms with Gasteiger partial charge in [-0.25, -0.2) is 0 Å². The van der Waals surface area contributed by atoms with Crippen molar-refractivity contribution in [3.63, 3.8) is 0 Å². The average Bonchev–Trinajstić information content (AvgIpc) is 2.26. The molecule has 1 rings (SSSR count). The summed E-state index contributed by atoms with van der Waals surface area (Å²) in [6.07, 6.45) is 0.610. The van der Waals surface area contributed by atoms with Crippen molar-refractivity contribution in [3.05, 3.63) is 35.4 Å². The van der Waals surface area contributed by atoms with Gasteiger partial charge in [0.15, 0.2) is 0 Å². The smallest absolute Gasteiger partial charge is 0.237 e. The van der Waals surface area contributed by atoms with E-state index in [-0.39, 0.29) is 0 Å². The van der Waals surface area contributed by atoms with E-state index in [9.17, 15) is 4.79 Å². The molecule has 3 nitrogen and oxygen atoms in total. The Hall–Kier alpha value is -1.00. The molecule has 1 amide bonds. The van der Waals surface area contributed by atoms with Gasteiger partial charge in [0.25, 0.3) is 0 Å². The van der Waals surface area contributed by atoms with E-state index in [0.717, 1.165) is 11.5 Å². The van der Waals surface area contributed by atoms with Crippen LogP contribution >= 0.6 is 11.8 Å². The van der Waals surface area contributed by atoms with Crippen molar-refractivity contribution in [2.45, 2.75) is 31.6 Å². The van der Waals surface area contributed by atoms with Gasteiger partial charge in [-0.2, -0.15) is 11.8 Å². The highest BCUT2D eigenvalue weighted by Crippen LogP contribution is 2.18. The van der Waals surface area contributed by atoms with Crippen molar-refractivity contribution in [2.75, 3.05) is 5.75 Å². The first-order valence-electron chi connectivity index (χ1n) is 5.64. The molecule has 1 aromatic rings. The molecule has 1 unspecified atom stereocenters. The second-order valence-electron chi connectivity index (χ2n) is 4.51. The van der Waals surface area contributed by atoms with E-state index in [1.54, 1.807) is 18.7 Å². The van der Waals surface area contributed by atoms with Gasteiger partial charge in [0, 0.05) is 5.75 Å². The fourth-order valence-corrected chi connectivity index (χ4v) is 2.62. The average molecular weight is 252 g/mol. The van der Waals surface area contributed by atoms with E-state index in [4.69, 9.17) is 11.5 Å². The lowest BCUT2D eigenvalue weighted by Crippen LogP contribution is -2.49. The zero-order valence-corrected chi connectivity index (χ0v) is 11.2. The number of hydrogen-bond donors (Lipinski definition) is 2. The van der Waals surface area contributed by atoms with Crippen molar-refractivity contribution < 1.29 is 4.79 Å². The second-order valence-corrected chi connectivity index (χ2v) is 5.62. The molecule has 0 aliphatic rings. The van der Waals surface area contributed by atoms with Crippen LogP contribution in [0, 0.1) is 6.92 Å². The Kier molecular flexibility index (Phi) is 5.02. The molecule has 4 N–H and O–H groups in total. The number of nitrogens with two attached hydrogens (primary N) is 2. The number of primary amides is 1. The Bertz CT molecular complexity index is 391. The molecular formula is C13H20N2OS. The molecule has 0 bridgehead atoms. The van der Waals surface area contributed by atoms with Crippen LogP contribution in [0.3, 0.4) is 0 Å². The fourth-order valence-electron chi connectivity index (χ4n) is 1.36. The maximum Gasteiger partial charge on any atom is 0.237 e. The second kappa shape index (κ2) is 6.07. The first-order chi connectivity index (χ1) is 7.93. The zero-order valence-electron chi connectivity index (χ0n) is 10.4. The third kappa shape index (κ3) is 4.40. The first kappa shape index (κ1) is 14.1. The minimum Gasteiger partial charge on any atom is -0.368 e. The van der Waals surface area contributed by atoms with Crippen LogP contribution in [0.4, 0.5) is 0 Å². The monoisotopic (exact) mass is 252 g/mol. The van der Waals surface area contributed by atoms with Crippen LogP contribution in [0.1, 0.15) is 24.5 Å². The molecule has 0 spiro atoms. The van der Waals surface area contributed by atoms with Gasteiger partial charge in [-0.3, -0.25) is 4.79 Å². The molecule has 0 radical (unpaired) electrons. The maximum absolute atomic E-state index is 11.0. The van der Waals surface area contributed by atoms with Crippen molar-refractivity contribution >= 4 is 17.7 Å². The molecule has 0 saturated heterocycles. The van der Waals surface area contributed by atoms with E-state index in [1.807, 2.05) is 12.1 Å². The Morgan fingerprint density at radius 3 is 2.65 bits per heavy atom. The van der Waals surface area contributed by atoms with E-state index < -0.39 is 11.4 Å². The summed E-state index contributed by atoms with van der Waals surface area (Å²) in [6.45, 7) is 3.79. The Balaban J connectivity index is 2.35. The SMILES string of the molecule is Cc1ccccc1CSCCC(C)(N)C(N)=O. The third-order valence-corrected chi connectivity index (χ3v) is 3.86. The summed E-state index contributed by atoms with van der Waals surface area (Å²) in [6, 6.07) is 8.30. The summed E-state index contributed by atoms with van der Waals surface area (Å²) < 4.78 is 0. The molecule has 1 atom stereocenters. The van der Waals surface area contributed by atoms with Crippen molar-refractivity contribution in [1.29, 1.82) is 0 Å². The van der Waals surface area contributed by atoms with Crippen LogP contribution in [0.15, 0.2) is 24.3 Å². The summed E-state index contributed by atoms with van der Waals surface area (Å²) in [5, 5.41) is 0. The number of hydrogen-bond acceptors (Lipinski definition) is 3. The Morgan fingerprint density at radius 1 is 1.41 bits per heavy atom. The predicted octanol–water partition coefficient (Wildman–Crippen LogP) is 1.82.